The topological polar surface area (TPSA) is 40.7 Å². The van der Waals surface area contributed by atoms with Crippen molar-refractivity contribution >= 4 is 27.3 Å². The van der Waals surface area contributed by atoms with Crippen LogP contribution in [0.1, 0.15) is 21.7 Å². The van der Waals surface area contributed by atoms with E-state index >= 15 is 0 Å². The normalized spacial score (nSPS) is 10.9. The molecule has 0 saturated heterocycles. The van der Waals surface area contributed by atoms with Crippen molar-refractivity contribution in [3.63, 3.8) is 0 Å². The van der Waals surface area contributed by atoms with Crippen LogP contribution in [0.25, 0.3) is 0 Å². The molecule has 0 amide bonds. The lowest BCUT2D eigenvalue weighted by Crippen LogP contribution is -2.11. The minimum Gasteiger partial charge on any atom is -0.308 e. The molecule has 0 bridgehead atoms. The highest BCUT2D eigenvalue weighted by Gasteiger charge is 2.03. The molecule has 0 saturated carbocycles. The largest absolute Gasteiger partial charge is 0.308 e. The van der Waals surface area contributed by atoms with Crippen molar-refractivity contribution in [1.29, 1.82) is 0 Å². The molecule has 0 atom stereocenters. The number of hydrogen-bond donors (Lipinski definition) is 2. The molecule has 2 aromatic rings. The fraction of sp³-hybridized carbons (Fsp3) is 0.364. The number of nitrogens with zero attached hydrogens (tertiary/aromatic N) is 1. The summed E-state index contributed by atoms with van der Waals surface area (Å²) in [6.07, 6.45) is 1.87. The van der Waals surface area contributed by atoms with Crippen LogP contribution in [0.2, 0.25) is 0 Å². The van der Waals surface area contributed by atoms with Gasteiger partial charge in [0.15, 0.2) is 0 Å². The van der Waals surface area contributed by atoms with Gasteiger partial charge in [0.1, 0.15) is 0 Å². The second kappa shape index (κ2) is 5.12. The highest BCUT2D eigenvalue weighted by Crippen LogP contribution is 2.27. The van der Waals surface area contributed by atoms with Crippen LogP contribution < -0.4 is 5.32 Å². The molecule has 2 aromatic heterocycles. The molecule has 0 aliphatic rings. The molecule has 86 valence electrons. The Morgan fingerprint density at radius 3 is 2.81 bits per heavy atom. The average Bonchev–Trinajstić information content (AvgIpc) is 2.76. The van der Waals surface area contributed by atoms with Gasteiger partial charge in [-0.25, -0.2) is 0 Å². The van der Waals surface area contributed by atoms with Crippen LogP contribution in [-0.2, 0) is 13.1 Å². The van der Waals surface area contributed by atoms with Gasteiger partial charge >= 0.3 is 0 Å². The van der Waals surface area contributed by atoms with E-state index in [4.69, 9.17) is 0 Å². The molecule has 0 aliphatic heterocycles. The van der Waals surface area contributed by atoms with Crippen LogP contribution in [-0.4, -0.2) is 10.2 Å². The van der Waals surface area contributed by atoms with Gasteiger partial charge in [0.05, 0.1) is 9.98 Å². The van der Waals surface area contributed by atoms with E-state index in [9.17, 15) is 0 Å². The third kappa shape index (κ3) is 2.72. The van der Waals surface area contributed by atoms with E-state index in [-0.39, 0.29) is 0 Å². The van der Waals surface area contributed by atoms with E-state index in [1.165, 1.54) is 19.8 Å². The van der Waals surface area contributed by atoms with E-state index < -0.39 is 0 Å². The molecule has 0 aliphatic carbocycles. The average molecular weight is 300 g/mol. The number of rotatable bonds is 4. The van der Waals surface area contributed by atoms with Gasteiger partial charge in [-0.05, 0) is 41.4 Å². The fourth-order valence-electron chi connectivity index (χ4n) is 1.48. The minimum absolute atomic E-state index is 0.858. The van der Waals surface area contributed by atoms with Crippen LogP contribution >= 0.6 is 27.3 Å². The van der Waals surface area contributed by atoms with Crippen molar-refractivity contribution < 1.29 is 0 Å². The lowest BCUT2D eigenvalue weighted by atomic mass is 10.2. The Bertz CT molecular complexity index is 456. The predicted molar refractivity (Wildman–Crippen MR) is 70.6 cm³/mol. The van der Waals surface area contributed by atoms with Crippen molar-refractivity contribution in [2.75, 3.05) is 0 Å². The van der Waals surface area contributed by atoms with Gasteiger partial charge in [-0.2, -0.15) is 5.10 Å². The summed E-state index contributed by atoms with van der Waals surface area (Å²) in [6.45, 7) is 5.92. The maximum atomic E-state index is 4.00. The maximum absolute atomic E-state index is 4.00. The summed E-state index contributed by atoms with van der Waals surface area (Å²) in [6, 6.07) is 2.21. The van der Waals surface area contributed by atoms with Crippen LogP contribution in [0, 0.1) is 13.8 Å². The van der Waals surface area contributed by atoms with Gasteiger partial charge in [-0.3, -0.25) is 5.10 Å². The van der Waals surface area contributed by atoms with Gasteiger partial charge in [-0.1, -0.05) is 0 Å². The first-order chi connectivity index (χ1) is 7.66. The highest BCUT2D eigenvalue weighted by molar-refractivity contribution is 9.11. The lowest BCUT2D eigenvalue weighted by molar-refractivity contribution is 0.698. The Labute approximate surface area is 107 Å². The second-order valence-corrected chi connectivity index (χ2v) is 6.25. The van der Waals surface area contributed by atoms with Crippen molar-refractivity contribution in [3.8, 4) is 0 Å². The summed E-state index contributed by atoms with van der Waals surface area (Å²) in [4.78, 5) is 1.35. The zero-order valence-corrected chi connectivity index (χ0v) is 11.7. The molecular weight excluding hydrogens is 286 g/mol. The maximum Gasteiger partial charge on any atom is 0.0730 e. The molecular formula is C11H14BrN3S. The van der Waals surface area contributed by atoms with E-state index in [0.29, 0.717) is 0 Å². The Balaban J connectivity index is 1.87. The SMILES string of the molecule is Cc1cc(CNCc2cn[nH]c2C)sc1Br. The first-order valence-corrected chi connectivity index (χ1v) is 6.72. The van der Waals surface area contributed by atoms with E-state index in [1.807, 2.05) is 13.1 Å². The molecule has 0 aromatic carbocycles. The molecule has 16 heavy (non-hydrogen) atoms. The summed E-state index contributed by atoms with van der Waals surface area (Å²) in [5, 5.41) is 10.3. The molecule has 2 heterocycles. The van der Waals surface area contributed by atoms with Crippen molar-refractivity contribution in [3.05, 3.63) is 37.7 Å². The lowest BCUT2D eigenvalue weighted by Gasteiger charge is -2.01. The second-order valence-electron chi connectivity index (χ2n) is 3.79. The number of aromatic amines is 1. The molecule has 0 unspecified atom stereocenters. The highest BCUT2D eigenvalue weighted by atomic mass is 79.9. The number of thiophene rings is 1. The van der Waals surface area contributed by atoms with E-state index in [1.54, 1.807) is 11.3 Å². The van der Waals surface area contributed by atoms with Gasteiger partial charge in [-0.15, -0.1) is 11.3 Å². The van der Waals surface area contributed by atoms with Crippen LogP contribution in [0.5, 0.6) is 0 Å². The van der Waals surface area contributed by atoms with Gasteiger partial charge in [0.2, 0.25) is 0 Å². The summed E-state index contributed by atoms with van der Waals surface area (Å²) in [7, 11) is 0. The van der Waals surface area contributed by atoms with Crippen molar-refractivity contribution in [2.24, 2.45) is 0 Å². The number of aryl methyl sites for hydroxylation is 2. The third-order valence-electron chi connectivity index (χ3n) is 2.46. The third-order valence-corrected chi connectivity index (χ3v) is 4.59. The molecule has 0 spiro atoms. The monoisotopic (exact) mass is 299 g/mol. The number of H-pyrrole nitrogens is 1. The number of nitrogens with one attached hydrogen (secondary N) is 2. The van der Waals surface area contributed by atoms with Gasteiger partial charge < -0.3 is 5.32 Å². The molecule has 5 heteroatoms. The first kappa shape index (κ1) is 11.8. The van der Waals surface area contributed by atoms with Gasteiger partial charge in [0.25, 0.3) is 0 Å². The molecule has 0 radical (unpaired) electrons. The zero-order valence-electron chi connectivity index (χ0n) is 9.30. The Hall–Kier alpha value is -0.650. The van der Waals surface area contributed by atoms with Crippen LogP contribution in [0.15, 0.2) is 16.0 Å². The summed E-state index contributed by atoms with van der Waals surface area (Å²) in [5.41, 5.74) is 3.67. The predicted octanol–water partition coefficient (Wildman–Crippen LogP) is 3.14. The molecule has 0 fully saturated rings. The van der Waals surface area contributed by atoms with E-state index in [0.717, 1.165) is 18.8 Å². The smallest absolute Gasteiger partial charge is 0.0730 e. The number of aromatic nitrogens is 2. The summed E-state index contributed by atoms with van der Waals surface area (Å²) < 4.78 is 1.23. The zero-order chi connectivity index (χ0) is 11.5. The Kier molecular flexibility index (Phi) is 3.78. The quantitative estimate of drug-likeness (QED) is 0.910. The number of hydrogen-bond acceptors (Lipinski definition) is 3. The fourth-order valence-corrected chi connectivity index (χ4v) is 3.08. The van der Waals surface area contributed by atoms with Crippen molar-refractivity contribution in [1.82, 2.24) is 15.5 Å². The number of halogens is 1. The Morgan fingerprint density at radius 1 is 1.44 bits per heavy atom. The molecule has 2 N–H and O–H groups in total. The van der Waals surface area contributed by atoms with Gasteiger partial charge in [0, 0.05) is 29.2 Å². The summed E-state index contributed by atoms with van der Waals surface area (Å²) in [5.74, 6) is 0. The minimum atomic E-state index is 0.858. The van der Waals surface area contributed by atoms with Crippen LogP contribution in [0.3, 0.4) is 0 Å². The standard InChI is InChI=1S/C11H14BrN3S/c1-7-3-10(16-11(7)12)6-13-4-9-5-14-15-8(9)2/h3,5,13H,4,6H2,1-2H3,(H,14,15). The Morgan fingerprint density at radius 2 is 2.25 bits per heavy atom. The summed E-state index contributed by atoms with van der Waals surface area (Å²) >= 11 is 5.32. The van der Waals surface area contributed by atoms with E-state index in [2.05, 4.69) is 44.4 Å². The molecule has 3 nitrogen and oxygen atoms in total. The molecule has 2 rings (SSSR count). The first-order valence-electron chi connectivity index (χ1n) is 5.11. The van der Waals surface area contributed by atoms with Crippen LogP contribution in [0.4, 0.5) is 0 Å². The van der Waals surface area contributed by atoms with Crippen molar-refractivity contribution in [2.45, 2.75) is 26.9 Å².